The number of H-pyrrole nitrogens is 1. The maximum Gasteiger partial charge on any atom is 0.399 e. The molecule has 46 heavy (non-hydrogen) atoms. The lowest BCUT2D eigenvalue weighted by Crippen LogP contribution is -2.61. The van der Waals surface area contributed by atoms with E-state index in [1.54, 1.807) is 31.3 Å². The fourth-order valence-corrected chi connectivity index (χ4v) is 6.44. The fraction of sp³-hybridized carbons (Fsp3) is 0.367. The zero-order chi connectivity index (χ0) is 33.6. The van der Waals surface area contributed by atoms with Crippen LogP contribution in [0.15, 0.2) is 48.5 Å². The van der Waals surface area contributed by atoms with E-state index in [0.29, 0.717) is 30.5 Å². The van der Waals surface area contributed by atoms with Gasteiger partial charge in [-0.15, -0.1) is 0 Å². The third-order valence-corrected chi connectivity index (χ3v) is 9.51. The van der Waals surface area contributed by atoms with Crippen LogP contribution >= 0.6 is 7.60 Å². The molecule has 3 heterocycles. The van der Waals surface area contributed by atoms with Crippen LogP contribution in [0.5, 0.6) is 0 Å². The number of hydrogen-bond acceptors (Lipinski definition) is 6. The third-order valence-electron chi connectivity index (χ3n) is 8.52. The van der Waals surface area contributed by atoms with Crippen LogP contribution in [-0.4, -0.2) is 86.5 Å². The lowest BCUT2D eigenvalue weighted by molar-refractivity contribution is -0.144. The van der Waals surface area contributed by atoms with Crippen molar-refractivity contribution in [2.75, 3.05) is 25.0 Å². The van der Waals surface area contributed by atoms with E-state index >= 15 is 0 Å². The summed E-state index contributed by atoms with van der Waals surface area (Å²) in [6.45, 7) is 1.46. The van der Waals surface area contributed by atoms with Gasteiger partial charge in [-0.3, -0.25) is 23.7 Å². The molecule has 4 amide bonds. The van der Waals surface area contributed by atoms with Gasteiger partial charge in [0.1, 0.15) is 17.8 Å². The van der Waals surface area contributed by atoms with Crippen molar-refractivity contribution >= 4 is 47.8 Å². The van der Waals surface area contributed by atoms with Crippen molar-refractivity contribution in [1.82, 2.24) is 20.1 Å². The molecule has 2 fully saturated rings. The molecule has 2 aliphatic heterocycles. The van der Waals surface area contributed by atoms with Crippen molar-refractivity contribution in [2.45, 2.75) is 50.0 Å². The van der Waals surface area contributed by atoms with Crippen LogP contribution in [0.3, 0.4) is 0 Å². The Labute approximate surface area is 261 Å². The van der Waals surface area contributed by atoms with Gasteiger partial charge in [0.05, 0.1) is 11.6 Å². The number of nitriles is 1. The predicted octanol–water partition coefficient (Wildman–Crippen LogP) is 2.64. The Balaban J connectivity index is 1.41. The minimum atomic E-state index is -5.82. The molecule has 5 rings (SSSR count). The van der Waals surface area contributed by atoms with E-state index in [4.69, 9.17) is 15.0 Å². The maximum absolute atomic E-state index is 14.3. The molecule has 1 unspecified atom stereocenters. The highest BCUT2D eigenvalue weighted by Crippen LogP contribution is 2.59. The summed E-state index contributed by atoms with van der Waals surface area (Å²) in [5, 5.41) is 11.8. The number of aromatic nitrogens is 1. The molecule has 16 heteroatoms. The smallest absolute Gasteiger partial charge is 0.351 e. The second kappa shape index (κ2) is 12.3. The predicted molar refractivity (Wildman–Crippen MR) is 161 cm³/mol. The largest absolute Gasteiger partial charge is 0.399 e. The van der Waals surface area contributed by atoms with E-state index in [1.807, 2.05) is 6.07 Å². The van der Waals surface area contributed by atoms with Crippen molar-refractivity contribution in [3.05, 3.63) is 65.4 Å². The van der Waals surface area contributed by atoms with Gasteiger partial charge >= 0.3 is 13.3 Å². The van der Waals surface area contributed by atoms with Gasteiger partial charge in [-0.05, 0) is 61.7 Å². The van der Waals surface area contributed by atoms with Crippen molar-refractivity contribution in [3.8, 4) is 6.07 Å². The Morgan fingerprint density at radius 1 is 1.11 bits per heavy atom. The highest BCUT2D eigenvalue weighted by atomic mass is 31.2. The lowest BCUT2D eigenvalue weighted by Gasteiger charge is -2.39. The molecule has 4 N–H and O–H groups in total. The monoisotopic (exact) mass is 656 g/mol. The first-order valence-electron chi connectivity index (χ1n) is 14.4. The minimum Gasteiger partial charge on any atom is -0.351 e. The molecule has 0 radical (unpaired) electrons. The van der Waals surface area contributed by atoms with Crippen molar-refractivity contribution in [2.24, 2.45) is 0 Å². The average Bonchev–Trinajstić information content (AvgIpc) is 3.64. The van der Waals surface area contributed by atoms with Crippen LogP contribution < -0.4 is 10.2 Å². The SMILES string of the molecule is CC(=O)N1CC[C@H]2CC[C@@H](C(=O)N(C)c3ccc(C#N)cc3)N2C(=O)C(NC(=O)c2cc3cc(C(F)(F)P(=O)(O)O)ccc3[nH]2)C1. The maximum atomic E-state index is 14.3. The van der Waals surface area contributed by atoms with Gasteiger partial charge < -0.3 is 34.8 Å². The van der Waals surface area contributed by atoms with E-state index in [0.717, 1.165) is 18.2 Å². The number of hydrogen-bond donors (Lipinski definition) is 4. The van der Waals surface area contributed by atoms with Crippen molar-refractivity contribution < 1.29 is 42.3 Å². The fourth-order valence-electron chi connectivity index (χ4n) is 5.97. The van der Waals surface area contributed by atoms with Crippen LogP contribution in [0.4, 0.5) is 14.5 Å². The van der Waals surface area contributed by atoms with Gasteiger partial charge in [0.25, 0.3) is 5.91 Å². The first kappa shape index (κ1) is 32.7. The van der Waals surface area contributed by atoms with Crippen LogP contribution in [0.25, 0.3) is 10.9 Å². The van der Waals surface area contributed by atoms with E-state index < -0.39 is 42.7 Å². The summed E-state index contributed by atoms with van der Waals surface area (Å²) in [6, 6.07) is 10.0. The second-order valence-corrected chi connectivity index (χ2v) is 13.0. The second-order valence-electron chi connectivity index (χ2n) is 11.4. The molecule has 2 aliphatic rings. The van der Waals surface area contributed by atoms with E-state index in [2.05, 4.69) is 10.3 Å². The molecule has 2 saturated heterocycles. The van der Waals surface area contributed by atoms with Crippen molar-refractivity contribution in [3.63, 3.8) is 0 Å². The Kier molecular flexibility index (Phi) is 8.74. The number of nitrogens with one attached hydrogen (secondary N) is 2. The highest BCUT2D eigenvalue weighted by molar-refractivity contribution is 7.52. The Bertz CT molecular complexity index is 1800. The standard InChI is InChI=1S/C30H31F2N6O7P/c1-17(39)37-12-11-22-8-10-26(29(42)36(2)21-6-3-18(15-33)4-7-21)38(22)28(41)25(16-37)35-27(40)24-14-19-13-20(5-9-23(19)34-24)30(31,32)46(43,44)45/h3-7,9,13-14,22,25-26,34H,8,10-12,16H2,1-2H3,(H,35,40)(H2,43,44,45)/t22-,25?,26+/m1/s1. The van der Waals surface area contributed by atoms with E-state index in [-0.39, 0.29) is 47.5 Å². The summed E-state index contributed by atoms with van der Waals surface area (Å²) in [6.07, 6.45) is 1.29. The summed E-state index contributed by atoms with van der Waals surface area (Å²) in [7, 11) is -4.25. The van der Waals surface area contributed by atoms with Crippen molar-refractivity contribution in [1.29, 1.82) is 5.26 Å². The van der Waals surface area contributed by atoms with Crippen LogP contribution in [0.2, 0.25) is 0 Å². The molecule has 3 atom stereocenters. The van der Waals surface area contributed by atoms with Gasteiger partial charge in [-0.25, -0.2) is 0 Å². The molecular weight excluding hydrogens is 625 g/mol. The quantitative estimate of drug-likeness (QED) is 0.292. The number of benzene rings is 2. The molecule has 0 aliphatic carbocycles. The van der Waals surface area contributed by atoms with Crippen LogP contribution in [0, 0.1) is 11.3 Å². The number of anilines is 1. The summed E-state index contributed by atoms with van der Waals surface area (Å²) in [4.78, 5) is 78.9. The number of carbonyl (C=O) groups is 4. The number of amides is 4. The van der Waals surface area contributed by atoms with Gasteiger partial charge in [0.2, 0.25) is 17.7 Å². The number of halogens is 2. The van der Waals surface area contributed by atoms with Gasteiger partial charge in [0.15, 0.2) is 0 Å². The summed E-state index contributed by atoms with van der Waals surface area (Å²) in [5.41, 5.74) is -4.33. The zero-order valence-electron chi connectivity index (χ0n) is 24.8. The van der Waals surface area contributed by atoms with E-state index in [1.165, 1.54) is 27.7 Å². The minimum absolute atomic E-state index is 0.0706. The van der Waals surface area contributed by atoms with Gasteiger partial charge in [-0.1, -0.05) is 6.07 Å². The Morgan fingerprint density at radius 3 is 2.43 bits per heavy atom. The summed E-state index contributed by atoms with van der Waals surface area (Å²) >= 11 is 0. The average molecular weight is 657 g/mol. The normalized spacial score (nSPS) is 20.5. The number of aromatic amines is 1. The van der Waals surface area contributed by atoms with Gasteiger partial charge in [-0.2, -0.15) is 14.0 Å². The van der Waals surface area contributed by atoms with Gasteiger partial charge in [0, 0.05) is 55.3 Å². The summed E-state index contributed by atoms with van der Waals surface area (Å²) < 4.78 is 39.9. The Hall–Kier alpha value is -4.64. The molecule has 3 aromatic rings. The molecule has 242 valence electrons. The van der Waals surface area contributed by atoms with E-state index in [9.17, 15) is 32.5 Å². The number of fused-ring (bicyclic) bond motifs is 2. The molecule has 0 saturated carbocycles. The number of carbonyl (C=O) groups excluding carboxylic acids is 4. The molecule has 0 bridgehead atoms. The number of rotatable bonds is 6. The molecule has 13 nitrogen and oxygen atoms in total. The summed E-state index contributed by atoms with van der Waals surface area (Å²) in [5.74, 6) is -2.02. The first-order chi connectivity index (χ1) is 21.6. The van der Waals surface area contributed by atoms with Crippen LogP contribution in [-0.2, 0) is 24.6 Å². The molecule has 0 spiro atoms. The number of alkyl halides is 2. The third kappa shape index (κ3) is 6.11. The first-order valence-corrected chi connectivity index (χ1v) is 16.0. The number of nitrogens with zero attached hydrogens (tertiary/aromatic N) is 4. The molecular formula is C30H31F2N6O7P. The highest BCUT2D eigenvalue weighted by Gasteiger charge is 2.50. The molecule has 2 aromatic carbocycles. The molecule has 1 aromatic heterocycles. The lowest BCUT2D eigenvalue weighted by atomic mass is 10.1. The number of likely N-dealkylation sites (N-methyl/N-ethyl adjacent to an activating group) is 1. The Morgan fingerprint density at radius 2 is 1.80 bits per heavy atom. The zero-order valence-corrected chi connectivity index (χ0v) is 25.7. The van der Waals surface area contributed by atoms with Crippen LogP contribution in [0.1, 0.15) is 47.8 Å². The topological polar surface area (TPSA) is 187 Å².